The molecular weight excluding hydrogens is 433 g/mol. The molecule has 3 heterocycles. The molecule has 1 aliphatic carbocycles. The molecule has 10 heteroatoms. The Bertz CT molecular complexity index is 1370. The van der Waals surface area contributed by atoms with E-state index in [1.54, 1.807) is 0 Å². The van der Waals surface area contributed by atoms with Crippen molar-refractivity contribution in [1.29, 1.82) is 0 Å². The highest BCUT2D eigenvalue weighted by molar-refractivity contribution is 5.92. The SMILES string of the molecule is CCCn1c(NC(=O)Cn2nc(C)c3c(C(F)(F)F)cc(C4CC4)nc32)nc2ccccc21. The second-order valence-electron chi connectivity index (χ2n) is 8.43. The van der Waals surface area contributed by atoms with E-state index in [1.165, 1.54) is 11.6 Å². The third kappa shape index (κ3) is 3.94. The smallest absolute Gasteiger partial charge is 0.310 e. The van der Waals surface area contributed by atoms with E-state index in [9.17, 15) is 18.0 Å². The first-order valence-electron chi connectivity index (χ1n) is 11.0. The summed E-state index contributed by atoms with van der Waals surface area (Å²) >= 11 is 0. The largest absolute Gasteiger partial charge is 0.417 e. The van der Waals surface area contributed by atoms with Gasteiger partial charge < -0.3 is 4.57 Å². The number of benzene rings is 1. The average molecular weight is 456 g/mol. The molecule has 0 spiro atoms. The normalized spacial score (nSPS) is 14.3. The fourth-order valence-electron chi connectivity index (χ4n) is 4.22. The van der Waals surface area contributed by atoms with Gasteiger partial charge in [-0.05, 0) is 44.4 Å². The summed E-state index contributed by atoms with van der Waals surface area (Å²) < 4.78 is 44.5. The van der Waals surface area contributed by atoms with Crippen LogP contribution in [0.5, 0.6) is 0 Å². The number of hydrogen-bond donors (Lipinski definition) is 1. The van der Waals surface area contributed by atoms with Crippen LogP contribution in [0.3, 0.4) is 0 Å². The van der Waals surface area contributed by atoms with E-state index in [0.29, 0.717) is 18.2 Å². The van der Waals surface area contributed by atoms with Gasteiger partial charge >= 0.3 is 6.18 Å². The molecule has 1 aliphatic rings. The zero-order chi connectivity index (χ0) is 23.3. The van der Waals surface area contributed by atoms with Crippen LogP contribution in [0.25, 0.3) is 22.1 Å². The summed E-state index contributed by atoms with van der Waals surface area (Å²) in [5.41, 5.74) is 1.59. The molecule has 0 unspecified atom stereocenters. The van der Waals surface area contributed by atoms with Crippen molar-refractivity contribution in [3.63, 3.8) is 0 Å². The van der Waals surface area contributed by atoms with Crippen LogP contribution >= 0.6 is 0 Å². The number of nitrogens with zero attached hydrogens (tertiary/aromatic N) is 5. The number of halogens is 3. The number of aryl methyl sites for hydroxylation is 2. The number of aromatic nitrogens is 5. The Balaban J connectivity index is 1.50. The van der Waals surface area contributed by atoms with Crippen LogP contribution in [0.15, 0.2) is 30.3 Å². The fourth-order valence-corrected chi connectivity index (χ4v) is 4.22. The number of alkyl halides is 3. The van der Waals surface area contributed by atoms with Crippen molar-refractivity contribution < 1.29 is 18.0 Å². The maximum atomic E-state index is 13.8. The highest BCUT2D eigenvalue weighted by atomic mass is 19.4. The molecular formula is C23H23F3N6O. The molecule has 33 heavy (non-hydrogen) atoms. The molecule has 3 aromatic heterocycles. The summed E-state index contributed by atoms with van der Waals surface area (Å²) in [7, 11) is 0. The first-order chi connectivity index (χ1) is 15.8. The van der Waals surface area contributed by atoms with E-state index < -0.39 is 17.6 Å². The predicted molar refractivity (Wildman–Crippen MR) is 118 cm³/mol. The summed E-state index contributed by atoms with van der Waals surface area (Å²) in [5, 5.41) is 6.98. The fraction of sp³-hybridized carbons (Fsp3) is 0.391. The summed E-state index contributed by atoms with van der Waals surface area (Å²) in [5.74, 6) is 0.0000174. The standard InChI is InChI=1S/C23H23F3N6O/c1-3-10-31-18-7-5-4-6-16(18)28-22(31)29-19(33)12-32-21-20(13(2)30-32)15(23(24,25)26)11-17(27-21)14-8-9-14/h4-7,11,14H,3,8-10,12H2,1-2H3,(H,28,29,33). The van der Waals surface area contributed by atoms with Crippen molar-refractivity contribution in [2.24, 2.45) is 0 Å². The molecule has 0 atom stereocenters. The molecule has 1 aromatic carbocycles. The highest BCUT2D eigenvalue weighted by Gasteiger charge is 2.37. The van der Waals surface area contributed by atoms with Gasteiger partial charge in [-0.3, -0.25) is 10.1 Å². The van der Waals surface area contributed by atoms with E-state index in [-0.39, 0.29) is 29.2 Å². The quantitative estimate of drug-likeness (QED) is 0.441. The molecule has 0 saturated heterocycles. The van der Waals surface area contributed by atoms with Crippen LogP contribution in [-0.2, 0) is 24.1 Å². The second-order valence-corrected chi connectivity index (χ2v) is 8.43. The highest BCUT2D eigenvalue weighted by Crippen LogP contribution is 2.43. The van der Waals surface area contributed by atoms with Crippen molar-refractivity contribution in [2.75, 3.05) is 5.32 Å². The lowest BCUT2D eigenvalue weighted by molar-refractivity contribution is -0.136. The van der Waals surface area contributed by atoms with Crippen LogP contribution in [0.1, 0.15) is 49.1 Å². The van der Waals surface area contributed by atoms with Crippen molar-refractivity contribution in [2.45, 2.75) is 58.3 Å². The van der Waals surface area contributed by atoms with Gasteiger partial charge in [-0.2, -0.15) is 18.3 Å². The molecule has 1 saturated carbocycles. The number of pyridine rings is 1. The van der Waals surface area contributed by atoms with Gasteiger partial charge in [-0.25, -0.2) is 14.6 Å². The summed E-state index contributed by atoms with van der Waals surface area (Å²) in [6.07, 6.45) is -2.05. The Kier molecular flexibility index (Phi) is 5.10. The van der Waals surface area contributed by atoms with Crippen LogP contribution in [-0.4, -0.2) is 30.2 Å². The Morgan fingerprint density at radius 1 is 1.21 bits per heavy atom. The number of hydrogen-bond acceptors (Lipinski definition) is 4. The lowest BCUT2D eigenvalue weighted by atomic mass is 10.1. The third-order valence-electron chi connectivity index (χ3n) is 5.84. The van der Waals surface area contributed by atoms with Crippen molar-refractivity contribution >= 4 is 33.9 Å². The van der Waals surface area contributed by atoms with Crippen LogP contribution < -0.4 is 5.32 Å². The molecule has 1 amide bonds. The summed E-state index contributed by atoms with van der Waals surface area (Å²) in [4.78, 5) is 21.9. The van der Waals surface area contributed by atoms with Gasteiger partial charge in [0.15, 0.2) is 5.65 Å². The number of para-hydroxylation sites is 2. The topological polar surface area (TPSA) is 77.6 Å². The lowest BCUT2D eigenvalue weighted by Crippen LogP contribution is -2.22. The molecule has 4 aromatic rings. The first kappa shape index (κ1) is 21.4. The first-order valence-corrected chi connectivity index (χ1v) is 11.0. The number of anilines is 1. The molecule has 5 rings (SSSR count). The number of fused-ring (bicyclic) bond motifs is 2. The Morgan fingerprint density at radius 3 is 2.67 bits per heavy atom. The van der Waals surface area contributed by atoms with Gasteiger partial charge in [0, 0.05) is 18.2 Å². The van der Waals surface area contributed by atoms with E-state index in [0.717, 1.165) is 36.4 Å². The lowest BCUT2D eigenvalue weighted by Gasteiger charge is -2.12. The predicted octanol–water partition coefficient (Wildman–Crippen LogP) is 5.03. The van der Waals surface area contributed by atoms with E-state index >= 15 is 0 Å². The number of amides is 1. The Hall–Kier alpha value is -3.43. The molecule has 1 N–H and O–H groups in total. The maximum Gasteiger partial charge on any atom is 0.417 e. The third-order valence-corrected chi connectivity index (χ3v) is 5.84. The molecule has 0 bridgehead atoms. The molecule has 7 nitrogen and oxygen atoms in total. The van der Waals surface area contributed by atoms with E-state index in [4.69, 9.17) is 0 Å². The van der Waals surface area contributed by atoms with Gasteiger partial charge in [-0.15, -0.1) is 0 Å². The number of carbonyl (C=O) groups excluding carboxylic acids is 1. The summed E-state index contributed by atoms with van der Waals surface area (Å²) in [6, 6.07) is 8.70. The molecule has 172 valence electrons. The molecule has 1 fully saturated rings. The number of carbonyl (C=O) groups is 1. The van der Waals surface area contributed by atoms with Gasteiger partial charge in [0.05, 0.1) is 27.7 Å². The second kappa shape index (κ2) is 7.86. The minimum absolute atomic E-state index is 0.0296. The zero-order valence-electron chi connectivity index (χ0n) is 18.3. The number of imidazole rings is 1. The Morgan fingerprint density at radius 2 is 1.97 bits per heavy atom. The minimum Gasteiger partial charge on any atom is -0.310 e. The average Bonchev–Trinajstić information content (AvgIpc) is 3.50. The van der Waals surface area contributed by atoms with Gasteiger partial charge in [0.2, 0.25) is 11.9 Å². The van der Waals surface area contributed by atoms with Gasteiger partial charge in [-0.1, -0.05) is 19.1 Å². The van der Waals surface area contributed by atoms with E-state index in [2.05, 4.69) is 20.4 Å². The molecule has 0 aliphatic heterocycles. The van der Waals surface area contributed by atoms with Gasteiger partial charge in [0.25, 0.3) is 0 Å². The zero-order valence-corrected chi connectivity index (χ0v) is 18.3. The Labute approximate surface area is 187 Å². The summed E-state index contributed by atoms with van der Waals surface area (Å²) in [6.45, 7) is 3.94. The number of rotatable bonds is 6. The maximum absolute atomic E-state index is 13.8. The van der Waals surface area contributed by atoms with Crippen LogP contribution in [0.2, 0.25) is 0 Å². The van der Waals surface area contributed by atoms with Gasteiger partial charge in [0.1, 0.15) is 6.54 Å². The van der Waals surface area contributed by atoms with Crippen LogP contribution in [0.4, 0.5) is 19.1 Å². The van der Waals surface area contributed by atoms with E-state index in [1.807, 2.05) is 35.8 Å². The minimum atomic E-state index is -4.53. The van der Waals surface area contributed by atoms with Crippen molar-refractivity contribution in [3.05, 3.63) is 47.3 Å². The number of nitrogens with one attached hydrogen (secondary N) is 1. The van der Waals surface area contributed by atoms with Crippen molar-refractivity contribution in [1.82, 2.24) is 24.3 Å². The molecule has 0 radical (unpaired) electrons. The van der Waals surface area contributed by atoms with Crippen LogP contribution in [0, 0.1) is 6.92 Å². The monoisotopic (exact) mass is 456 g/mol. The van der Waals surface area contributed by atoms with Crippen molar-refractivity contribution in [3.8, 4) is 0 Å².